The molecule has 2 N–H and O–H groups in total. The minimum Gasteiger partial charge on any atom is -0.364 e. The van der Waals surface area contributed by atoms with E-state index in [0.717, 1.165) is 32.9 Å². The summed E-state index contributed by atoms with van der Waals surface area (Å²) in [5, 5.41) is 12.2. The van der Waals surface area contributed by atoms with Crippen molar-refractivity contribution < 1.29 is 9.18 Å². The molecule has 2 aromatic heterocycles. The van der Waals surface area contributed by atoms with E-state index in [1.54, 1.807) is 12.1 Å². The van der Waals surface area contributed by atoms with Crippen molar-refractivity contribution in [3.63, 3.8) is 0 Å². The Morgan fingerprint density at radius 2 is 1.69 bits per heavy atom. The molecule has 0 atom stereocenters. The lowest BCUT2D eigenvalue weighted by Crippen LogP contribution is -2.50. The summed E-state index contributed by atoms with van der Waals surface area (Å²) in [7, 11) is 0. The van der Waals surface area contributed by atoms with Crippen LogP contribution in [-0.2, 0) is 0 Å². The van der Waals surface area contributed by atoms with E-state index < -0.39 is 0 Å². The maximum Gasteiger partial charge on any atom is 0.321 e. The summed E-state index contributed by atoms with van der Waals surface area (Å²) >= 11 is 1.51. The second-order valence-corrected chi connectivity index (χ2v) is 10.5. The fourth-order valence-electron chi connectivity index (χ4n) is 3.97. The zero-order valence-electron chi connectivity index (χ0n) is 20.0. The summed E-state index contributed by atoms with van der Waals surface area (Å²) < 4.78 is 15.3. The maximum atomic E-state index is 13.5. The van der Waals surface area contributed by atoms with Crippen molar-refractivity contribution in [2.75, 3.05) is 41.7 Å². The third-order valence-corrected chi connectivity index (χ3v) is 6.64. The Morgan fingerprint density at radius 3 is 2.34 bits per heavy atom. The first kappa shape index (κ1) is 23.1. The second-order valence-electron chi connectivity index (χ2n) is 9.54. The Balaban J connectivity index is 1.34. The van der Waals surface area contributed by atoms with Crippen molar-refractivity contribution in [3.8, 4) is 11.3 Å². The number of carbonyl (C=O) groups excluding carboxylic acids is 1. The number of rotatable bonds is 4. The van der Waals surface area contributed by atoms with Crippen LogP contribution in [0.4, 0.5) is 25.8 Å². The molecule has 182 valence electrons. The van der Waals surface area contributed by atoms with Crippen molar-refractivity contribution in [1.82, 2.24) is 19.5 Å². The lowest BCUT2D eigenvalue weighted by atomic mass is 10.1. The van der Waals surface area contributed by atoms with Gasteiger partial charge in [0.1, 0.15) is 11.5 Å². The van der Waals surface area contributed by atoms with Crippen LogP contribution in [0.15, 0.2) is 54.6 Å². The van der Waals surface area contributed by atoms with Gasteiger partial charge in [-0.05, 0) is 57.2 Å². The summed E-state index contributed by atoms with van der Waals surface area (Å²) in [6.45, 7) is 8.82. The van der Waals surface area contributed by atoms with E-state index in [1.165, 1.54) is 23.5 Å². The average molecular weight is 494 g/mol. The third kappa shape index (κ3) is 5.07. The molecule has 1 aliphatic rings. The van der Waals surface area contributed by atoms with Crippen LogP contribution in [0.5, 0.6) is 0 Å². The van der Waals surface area contributed by atoms with E-state index in [0.29, 0.717) is 26.2 Å². The maximum absolute atomic E-state index is 13.5. The number of amides is 2. The van der Waals surface area contributed by atoms with Gasteiger partial charge in [0.15, 0.2) is 5.82 Å². The first-order valence-corrected chi connectivity index (χ1v) is 12.4. The normalized spacial score (nSPS) is 14.4. The van der Waals surface area contributed by atoms with Gasteiger partial charge in [0.2, 0.25) is 10.1 Å². The first-order chi connectivity index (χ1) is 16.8. The number of imidazole rings is 1. The Kier molecular flexibility index (Phi) is 6.06. The molecule has 0 saturated carbocycles. The molecule has 0 bridgehead atoms. The minimum absolute atomic E-state index is 0.0922. The molecule has 5 rings (SSSR count). The third-order valence-electron chi connectivity index (χ3n) is 5.67. The number of aromatic nitrogens is 3. The van der Waals surface area contributed by atoms with Gasteiger partial charge < -0.3 is 20.4 Å². The Morgan fingerprint density at radius 1 is 1.00 bits per heavy atom. The molecule has 0 spiro atoms. The number of halogens is 1. The van der Waals surface area contributed by atoms with Crippen molar-refractivity contribution in [2.24, 2.45) is 0 Å². The number of urea groups is 1. The van der Waals surface area contributed by atoms with Crippen LogP contribution in [0, 0.1) is 5.82 Å². The van der Waals surface area contributed by atoms with Crippen molar-refractivity contribution in [1.29, 1.82) is 0 Å². The van der Waals surface area contributed by atoms with Crippen LogP contribution in [0.25, 0.3) is 16.2 Å². The van der Waals surface area contributed by atoms with E-state index in [-0.39, 0.29) is 17.4 Å². The summed E-state index contributed by atoms with van der Waals surface area (Å²) in [6, 6.07) is 15.7. The fourth-order valence-corrected chi connectivity index (χ4v) is 4.92. The highest BCUT2D eigenvalue weighted by Gasteiger charge is 2.26. The summed E-state index contributed by atoms with van der Waals surface area (Å²) in [6.07, 6.45) is 0. The van der Waals surface area contributed by atoms with Gasteiger partial charge in [0.25, 0.3) is 0 Å². The predicted molar refractivity (Wildman–Crippen MR) is 139 cm³/mol. The molecule has 0 aliphatic carbocycles. The number of benzene rings is 2. The van der Waals surface area contributed by atoms with Gasteiger partial charge in [-0.2, -0.15) is 4.52 Å². The van der Waals surface area contributed by atoms with E-state index >= 15 is 0 Å². The molecule has 3 heterocycles. The summed E-state index contributed by atoms with van der Waals surface area (Å²) in [5.41, 5.74) is 2.15. The molecule has 1 aliphatic heterocycles. The van der Waals surface area contributed by atoms with Crippen LogP contribution >= 0.6 is 11.3 Å². The highest BCUT2D eigenvalue weighted by atomic mass is 32.1. The van der Waals surface area contributed by atoms with Crippen molar-refractivity contribution in [3.05, 3.63) is 60.4 Å². The van der Waals surface area contributed by atoms with Crippen LogP contribution in [-0.4, -0.2) is 57.2 Å². The van der Waals surface area contributed by atoms with Gasteiger partial charge in [-0.1, -0.05) is 29.5 Å². The molecular weight excluding hydrogens is 465 g/mol. The van der Waals surface area contributed by atoms with Gasteiger partial charge in [-0.15, -0.1) is 5.10 Å². The zero-order valence-corrected chi connectivity index (χ0v) is 20.8. The Bertz CT molecular complexity index is 1320. The van der Waals surface area contributed by atoms with Gasteiger partial charge in [0, 0.05) is 43.0 Å². The van der Waals surface area contributed by atoms with Gasteiger partial charge in [-0.3, -0.25) is 0 Å². The zero-order chi connectivity index (χ0) is 24.6. The molecule has 0 radical (unpaired) electrons. The number of hydrogen-bond acceptors (Lipinski definition) is 6. The molecule has 1 saturated heterocycles. The standard InChI is InChI=1S/C25H28FN7OS/c1-25(2,3)29-21-20(17-9-11-18(26)12-10-17)28-23-33(21)30-24(35-23)32-15-13-31(14-16-32)22(34)27-19-7-5-4-6-8-19/h4-12,29H,13-16H2,1-3H3,(H,27,34). The first-order valence-electron chi connectivity index (χ1n) is 11.6. The highest BCUT2D eigenvalue weighted by Crippen LogP contribution is 2.35. The summed E-state index contributed by atoms with van der Waals surface area (Å²) in [5.74, 6) is 0.500. The van der Waals surface area contributed by atoms with Gasteiger partial charge in [0.05, 0.1) is 0 Å². The fraction of sp³-hybridized carbons (Fsp3) is 0.320. The van der Waals surface area contributed by atoms with Crippen molar-refractivity contribution in [2.45, 2.75) is 26.3 Å². The van der Waals surface area contributed by atoms with Crippen LogP contribution in [0.2, 0.25) is 0 Å². The SMILES string of the molecule is CC(C)(C)Nc1c(-c2ccc(F)cc2)nc2sc(N3CCN(C(=O)Nc4ccccc4)CC3)nn12. The number of nitrogens with one attached hydrogen (secondary N) is 2. The van der Waals surface area contributed by atoms with Crippen LogP contribution in [0.3, 0.4) is 0 Å². The van der Waals surface area contributed by atoms with Gasteiger partial charge >= 0.3 is 6.03 Å². The molecule has 10 heteroatoms. The number of piperazine rings is 1. The second kappa shape index (κ2) is 9.18. The van der Waals surface area contributed by atoms with E-state index in [2.05, 4.69) is 36.3 Å². The predicted octanol–water partition coefficient (Wildman–Crippen LogP) is 5.16. The smallest absolute Gasteiger partial charge is 0.321 e. The molecular formula is C25H28FN7OS. The minimum atomic E-state index is -0.280. The van der Waals surface area contributed by atoms with Crippen LogP contribution < -0.4 is 15.5 Å². The molecule has 2 aromatic carbocycles. The Labute approximate surface area is 207 Å². The Hall–Kier alpha value is -3.66. The van der Waals surface area contributed by atoms with Crippen molar-refractivity contribution >= 4 is 39.0 Å². The average Bonchev–Trinajstić information content (AvgIpc) is 3.39. The highest BCUT2D eigenvalue weighted by molar-refractivity contribution is 7.20. The molecule has 35 heavy (non-hydrogen) atoms. The van der Waals surface area contributed by atoms with E-state index in [9.17, 15) is 9.18 Å². The number of fused-ring (bicyclic) bond motifs is 1. The topological polar surface area (TPSA) is 77.8 Å². The number of hydrogen-bond donors (Lipinski definition) is 2. The largest absolute Gasteiger partial charge is 0.364 e. The lowest BCUT2D eigenvalue weighted by molar-refractivity contribution is 0.208. The van der Waals surface area contributed by atoms with Gasteiger partial charge in [-0.25, -0.2) is 14.2 Å². The van der Waals surface area contributed by atoms with Crippen LogP contribution in [0.1, 0.15) is 20.8 Å². The molecule has 4 aromatic rings. The monoisotopic (exact) mass is 493 g/mol. The molecule has 0 unspecified atom stereocenters. The van der Waals surface area contributed by atoms with E-state index in [1.807, 2.05) is 39.7 Å². The number of carbonyl (C=O) groups is 1. The number of nitrogens with zero attached hydrogens (tertiary/aromatic N) is 5. The number of para-hydroxylation sites is 1. The molecule has 2 amide bonds. The molecule has 1 fully saturated rings. The number of anilines is 3. The quantitative estimate of drug-likeness (QED) is 0.411. The lowest BCUT2D eigenvalue weighted by Gasteiger charge is -2.34. The van der Waals surface area contributed by atoms with E-state index in [4.69, 9.17) is 10.1 Å². The molecule has 8 nitrogen and oxygen atoms in total. The summed E-state index contributed by atoms with van der Waals surface area (Å²) in [4.78, 5) is 22.2.